The maximum absolute atomic E-state index is 4.98. The SMILES string of the molecule is CCNC(=NCC1CCCCN1CC)NC1CC2CCCC(C1)N2C. The maximum atomic E-state index is 4.98. The standard InChI is InChI=1S/C20H39N5/c1-4-21-20(22-15-19-9-6-7-12-25(19)5-2)23-16-13-17-10-8-11-18(14-16)24(17)3/h16-19H,4-15H2,1-3H3,(H2,21,22,23). The Kier molecular flexibility index (Phi) is 7.00. The monoisotopic (exact) mass is 349 g/mol. The lowest BCUT2D eigenvalue weighted by Crippen LogP contribution is -2.56. The van der Waals surface area contributed by atoms with E-state index in [1.54, 1.807) is 0 Å². The highest BCUT2D eigenvalue weighted by Crippen LogP contribution is 2.32. The van der Waals surface area contributed by atoms with E-state index in [2.05, 4.69) is 41.3 Å². The number of likely N-dealkylation sites (N-methyl/N-ethyl adjacent to an activating group) is 1. The van der Waals surface area contributed by atoms with Crippen molar-refractivity contribution in [2.24, 2.45) is 4.99 Å². The lowest BCUT2D eigenvalue weighted by Gasteiger charge is -2.47. The van der Waals surface area contributed by atoms with Crippen LogP contribution in [0.1, 0.15) is 65.2 Å². The summed E-state index contributed by atoms with van der Waals surface area (Å²) in [5.74, 6) is 1.04. The summed E-state index contributed by atoms with van der Waals surface area (Å²) in [5, 5.41) is 7.26. The van der Waals surface area contributed by atoms with Crippen molar-refractivity contribution < 1.29 is 0 Å². The summed E-state index contributed by atoms with van der Waals surface area (Å²) in [7, 11) is 2.33. The molecule has 0 amide bonds. The number of guanidine groups is 1. The number of fused-ring (bicyclic) bond motifs is 2. The van der Waals surface area contributed by atoms with Crippen molar-refractivity contribution >= 4 is 5.96 Å². The van der Waals surface area contributed by atoms with Crippen LogP contribution in [0.15, 0.2) is 4.99 Å². The van der Waals surface area contributed by atoms with Gasteiger partial charge in [0.2, 0.25) is 0 Å². The molecule has 3 atom stereocenters. The van der Waals surface area contributed by atoms with E-state index < -0.39 is 0 Å². The quantitative estimate of drug-likeness (QED) is 0.591. The van der Waals surface area contributed by atoms with Crippen LogP contribution in [0.3, 0.4) is 0 Å². The maximum Gasteiger partial charge on any atom is 0.191 e. The Labute approximate surface area is 154 Å². The number of piperidine rings is 3. The first-order valence-electron chi connectivity index (χ1n) is 10.7. The van der Waals surface area contributed by atoms with Crippen LogP contribution in [0.4, 0.5) is 0 Å². The minimum Gasteiger partial charge on any atom is -0.357 e. The van der Waals surface area contributed by atoms with Gasteiger partial charge in [-0.05, 0) is 65.6 Å². The molecule has 3 saturated heterocycles. The third-order valence-corrected chi connectivity index (χ3v) is 6.64. The highest BCUT2D eigenvalue weighted by Gasteiger charge is 2.36. The molecule has 2 bridgehead atoms. The highest BCUT2D eigenvalue weighted by molar-refractivity contribution is 5.80. The largest absolute Gasteiger partial charge is 0.357 e. The molecule has 2 N–H and O–H groups in total. The molecular weight excluding hydrogens is 310 g/mol. The molecule has 0 aliphatic carbocycles. The van der Waals surface area contributed by atoms with Crippen molar-refractivity contribution in [3.05, 3.63) is 0 Å². The second kappa shape index (κ2) is 9.22. The average molecular weight is 350 g/mol. The van der Waals surface area contributed by atoms with Crippen LogP contribution < -0.4 is 10.6 Å². The Hall–Kier alpha value is -0.810. The summed E-state index contributed by atoms with van der Waals surface area (Å²) in [4.78, 5) is 10.2. The first-order chi connectivity index (χ1) is 12.2. The molecule has 0 radical (unpaired) electrons. The van der Waals surface area contributed by atoms with Crippen LogP contribution in [0.25, 0.3) is 0 Å². The molecule has 3 rings (SSSR count). The van der Waals surface area contributed by atoms with Gasteiger partial charge < -0.3 is 15.5 Å². The fraction of sp³-hybridized carbons (Fsp3) is 0.950. The lowest BCUT2D eigenvalue weighted by atomic mass is 9.82. The second-order valence-corrected chi connectivity index (χ2v) is 8.21. The highest BCUT2D eigenvalue weighted by atomic mass is 15.2. The smallest absolute Gasteiger partial charge is 0.191 e. The van der Waals surface area contributed by atoms with Gasteiger partial charge in [0.15, 0.2) is 5.96 Å². The third kappa shape index (κ3) is 4.88. The van der Waals surface area contributed by atoms with Crippen LogP contribution in [-0.2, 0) is 0 Å². The molecule has 0 spiro atoms. The Morgan fingerprint density at radius 3 is 2.48 bits per heavy atom. The van der Waals surface area contributed by atoms with Crippen LogP contribution in [0.5, 0.6) is 0 Å². The summed E-state index contributed by atoms with van der Waals surface area (Å²) < 4.78 is 0. The van der Waals surface area contributed by atoms with E-state index in [0.29, 0.717) is 12.1 Å². The average Bonchev–Trinajstić information content (AvgIpc) is 2.61. The van der Waals surface area contributed by atoms with Crippen molar-refractivity contribution in [2.75, 3.05) is 33.2 Å². The first-order valence-corrected chi connectivity index (χ1v) is 10.7. The zero-order chi connectivity index (χ0) is 17.6. The summed E-state index contributed by atoms with van der Waals surface area (Å²) in [6.45, 7) is 8.72. The predicted octanol–water partition coefficient (Wildman–Crippen LogP) is 2.43. The number of hydrogen-bond donors (Lipinski definition) is 2. The van der Waals surface area contributed by atoms with Crippen LogP contribution in [0.2, 0.25) is 0 Å². The van der Waals surface area contributed by atoms with Gasteiger partial charge in [-0.25, -0.2) is 0 Å². The Morgan fingerprint density at radius 2 is 1.80 bits per heavy atom. The van der Waals surface area contributed by atoms with Crippen LogP contribution in [0, 0.1) is 0 Å². The van der Waals surface area contributed by atoms with E-state index in [-0.39, 0.29) is 0 Å². The molecular formula is C20H39N5. The fourth-order valence-corrected chi connectivity index (χ4v) is 5.13. The van der Waals surface area contributed by atoms with E-state index in [4.69, 9.17) is 4.99 Å². The number of aliphatic imine (C=N–C) groups is 1. The Balaban J connectivity index is 1.57. The third-order valence-electron chi connectivity index (χ3n) is 6.64. The summed E-state index contributed by atoms with van der Waals surface area (Å²) in [6.07, 6.45) is 10.7. The topological polar surface area (TPSA) is 42.9 Å². The Bertz CT molecular complexity index is 424. The molecule has 144 valence electrons. The molecule has 3 unspecified atom stereocenters. The van der Waals surface area contributed by atoms with Crippen LogP contribution in [-0.4, -0.2) is 73.2 Å². The van der Waals surface area contributed by atoms with Gasteiger partial charge in [-0.1, -0.05) is 19.8 Å². The van der Waals surface area contributed by atoms with E-state index in [9.17, 15) is 0 Å². The van der Waals surface area contributed by atoms with Crippen molar-refractivity contribution in [2.45, 2.75) is 89.4 Å². The van der Waals surface area contributed by atoms with Crippen molar-refractivity contribution in [1.82, 2.24) is 20.4 Å². The molecule has 5 heteroatoms. The number of rotatable bonds is 5. The van der Waals surface area contributed by atoms with E-state index >= 15 is 0 Å². The van der Waals surface area contributed by atoms with E-state index in [1.165, 1.54) is 57.9 Å². The molecule has 25 heavy (non-hydrogen) atoms. The number of nitrogens with zero attached hydrogens (tertiary/aromatic N) is 3. The van der Waals surface area contributed by atoms with Crippen molar-refractivity contribution in [3.63, 3.8) is 0 Å². The number of nitrogens with one attached hydrogen (secondary N) is 2. The summed E-state index contributed by atoms with van der Waals surface area (Å²) in [5.41, 5.74) is 0. The second-order valence-electron chi connectivity index (χ2n) is 8.21. The van der Waals surface area contributed by atoms with E-state index in [1.807, 2.05) is 0 Å². The van der Waals surface area contributed by atoms with Gasteiger partial charge in [-0.3, -0.25) is 9.89 Å². The molecule has 3 heterocycles. The molecule has 3 fully saturated rings. The van der Waals surface area contributed by atoms with Gasteiger partial charge in [0.05, 0.1) is 6.54 Å². The minimum absolute atomic E-state index is 0.581. The minimum atomic E-state index is 0.581. The van der Waals surface area contributed by atoms with Gasteiger partial charge in [-0.15, -0.1) is 0 Å². The van der Waals surface area contributed by atoms with Crippen LogP contribution >= 0.6 is 0 Å². The number of likely N-dealkylation sites (tertiary alicyclic amines) is 1. The van der Waals surface area contributed by atoms with E-state index in [0.717, 1.165) is 37.7 Å². The van der Waals surface area contributed by atoms with Crippen molar-refractivity contribution in [1.29, 1.82) is 0 Å². The molecule has 3 aliphatic heterocycles. The zero-order valence-electron chi connectivity index (χ0n) is 16.6. The van der Waals surface area contributed by atoms with Gasteiger partial charge >= 0.3 is 0 Å². The van der Waals surface area contributed by atoms with Gasteiger partial charge in [-0.2, -0.15) is 0 Å². The molecule has 0 aromatic heterocycles. The summed E-state index contributed by atoms with van der Waals surface area (Å²) in [6, 6.07) is 2.74. The normalized spacial score (nSPS) is 34.8. The lowest BCUT2D eigenvalue weighted by molar-refractivity contribution is 0.0526. The first kappa shape index (κ1) is 19.0. The Morgan fingerprint density at radius 1 is 1.04 bits per heavy atom. The molecule has 0 aromatic carbocycles. The predicted molar refractivity (Wildman–Crippen MR) is 106 cm³/mol. The van der Waals surface area contributed by atoms with Gasteiger partial charge in [0.1, 0.15) is 0 Å². The molecule has 0 aromatic rings. The summed E-state index contributed by atoms with van der Waals surface area (Å²) >= 11 is 0. The van der Waals surface area contributed by atoms with Gasteiger partial charge in [0.25, 0.3) is 0 Å². The fourth-order valence-electron chi connectivity index (χ4n) is 5.13. The number of hydrogen-bond acceptors (Lipinski definition) is 3. The molecule has 0 saturated carbocycles. The van der Waals surface area contributed by atoms with Gasteiger partial charge in [0, 0.05) is 30.7 Å². The molecule has 5 nitrogen and oxygen atoms in total. The van der Waals surface area contributed by atoms with Crippen molar-refractivity contribution in [3.8, 4) is 0 Å². The molecule has 3 aliphatic rings. The zero-order valence-corrected chi connectivity index (χ0v) is 16.6.